The van der Waals surface area contributed by atoms with Gasteiger partial charge in [-0.2, -0.15) is 0 Å². The zero-order valence-electron chi connectivity index (χ0n) is 6.91. The van der Waals surface area contributed by atoms with Gasteiger partial charge in [0.15, 0.2) is 0 Å². The highest BCUT2D eigenvalue weighted by Gasteiger charge is 2.21. The van der Waals surface area contributed by atoms with E-state index >= 15 is 0 Å². The van der Waals surface area contributed by atoms with Gasteiger partial charge in [-0.15, -0.1) is 23.2 Å². The van der Waals surface area contributed by atoms with Gasteiger partial charge < -0.3 is 4.89 Å². The predicted molar refractivity (Wildman–Crippen MR) is 53.3 cm³/mol. The highest BCUT2D eigenvalue weighted by atomic mass is 35.5. The van der Waals surface area contributed by atoms with Crippen LogP contribution in [0, 0.1) is 0 Å². The molecule has 0 aromatic carbocycles. The molecule has 1 unspecified atom stereocenters. The van der Waals surface area contributed by atoms with E-state index in [1.165, 1.54) is 0 Å². The summed E-state index contributed by atoms with van der Waals surface area (Å²) in [7, 11) is -3.84. The summed E-state index contributed by atoms with van der Waals surface area (Å²) in [6, 6.07) is 0. The number of hydrogen-bond acceptors (Lipinski definition) is 3. The molecule has 0 amide bonds. The lowest BCUT2D eigenvalue weighted by molar-refractivity contribution is 0.213. The first-order chi connectivity index (χ1) is 6.02. The first-order valence-electron chi connectivity index (χ1n) is 3.53. The average Bonchev–Trinajstić information content (AvgIpc) is 2.02. The van der Waals surface area contributed by atoms with E-state index in [2.05, 4.69) is 10.9 Å². The molecule has 0 aromatic rings. The van der Waals surface area contributed by atoms with E-state index in [0.29, 0.717) is 24.8 Å². The summed E-state index contributed by atoms with van der Waals surface area (Å²) in [5.74, 6) is 0.609. The molecule has 0 aliphatic carbocycles. The number of nitrogens with one attached hydrogen (secondary N) is 2. The van der Waals surface area contributed by atoms with Gasteiger partial charge in [-0.25, -0.2) is 16.4 Å². The van der Waals surface area contributed by atoms with E-state index in [-0.39, 0.29) is 0 Å². The van der Waals surface area contributed by atoms with Crippen LogP contribution >= 0.6 is 30.9 Å². The van der Waals surface area contributed by atoms with E-state index in [4.69, 9.17) is 33.6 Å². The zero-order chi connectivity index (χ0) is 10.3. The first-order valence-corrected chi connectivity index (χ1v) is 6.28. The Kier molecular flexibility index (Phi) is 7.30. The van der Waals surface area contributed by atoms with Crippen LogP contribution in [0.3, 0.4) is 0 Å². The van der Waals surface area contributed by atoms with Gasteiger partial charge in [0.1, 0.15) is 0 Å². The summed E-state index contributed by atoms with van der Waals surface area (Å²) in [5, 5.41) is 0. The van der Waals surface area contributed by atoms with Crippen LogP contribution < -0.4 is 16.4 Å². The fraction of sp³-hybridized carbons (Fsp3) is 1.00. The lowest BCUT2D eigenvalue weighted by Crippen LogP contribution is -2.48. The minimum absolute atomic E-state index is 0.305. The van der Waals surface area contributed by atoms with Crippen molar-refractivity contribution < 1.29 is 9.46 Å². The van der Waals surface area contributed by atoms with Crippen LogP contribution in [0.25, 0.3) is 0 Å². The molecule has 0 aromatic heterocycles. The summed E-state index contributed by atoms with van der Waals surface area (Å²) in [6.45, 7) is 0.664. The molecular weight excluding hydrogens is 238 g/mol. The summed E-state index contributed by atoms with van der Waals surface area (Å²) >= 11 is 10.7. The number of rotatable bonds is 7. The van der Waals surface area contributed by atoms with Crippen molar-refractivity contribution in [2.75, 3.05) is 24.8 Å². The van der Waals surface area contributed by atoms with Gasteiger partial charge in [-0.1, -0.05) is 4.89 Å². The van der Waals surface area contributed by atoms with E-state index in [9.17, 15) is 4.57 Å². The van der Waals surface area contributed by atoms with Crippen molar-refractivity contribution in [2.45, 2.75) is 0 Å². The van der Waals surface area contributed by atoms with E-state index < -0.39 is 7.67 Å². The molecule has 5 N–H and O–H groups in total. The number of nitrogens with two attached hydrogens (primary N) is 1. The fourth-order valence-corrected chi connectivity index (χ4v) is 1.33. The second-order valence-electron chi connectivity index (χ2n) is 2.10. The number of nitrogens with zero attached hydrogens (tertiary/aromatic N) is 1. The average molecular weight is 251 g/mol. The Hall–Kier alpha value is 0.610. The SMILES string of the molecule is NP(=O)(O)N(NCCCl)NCCCl. The van der Waals surface area contributed by atoms with Crippen LogP contribution in [-0.2, 0) is 4.57 Å². The molecule has 13 heavy (non-hydrogen) atoms. The maximum Gasteiger partial charge on any atom is 0.365 e. The van der Waals surface area contributed by atoms with Gasteiger partial charge >= 0.3 is 7.67 Å². The highest BCUT2D eigenvalue weighted by molar-refractivity contribution is 7.52. The smallest absolute Gasteiger partial charge is 0.320 e. The van der Waals surface area contributed by atoms with Crippen molar-refractivity contribution >= 4 is 30.9 Å². The molecule has 0 saturated heterocycles. The summed E-state index contributed by atoms with van der Waals surface area (Å²) in [4.78, 5) is 9.81. The molecule has 0 radical (unpaired) electrons. The Balaban J connectivity index is 3.96. The van der Waals surface area contributed by atoms with E-state index in [1.807, 2.05) is 0 Å². The van der Waals surface area contributed by atoms with Crippen molar-refractivity contribution in [1.82, 2.24) is 15.7 Å². The molecule has 80 valence electrons. The second-order valence-corrected chi connectivity index (χ2v) is 4.43. The van der Waals surface area contributed by atoms with Crippen LogP contribution in [0.4, 0.5) is 0 Å². The van der Waals surface area contributed by atoms with Gasteiger partial charge in [0.2, 0.25) is 0 Å². The molecule has 0 rings (SSSR count). The molecule has 0 bridgehead atoms. The standard InChI is InChI=1S/C4H13Cl2N4O2P/c5-1-3-8-10(9-4-2-6)13(7,11)12/h8-9H,1-4H2,(H3,7,11,12). The molecule has 0 fully saturated rings. The van der Waals surface area contributed by atoms with Crippen LogP contribution in [0.2, 0.25) is 0 Å². The molecular formula is C4H13Cl2N4O2P. The zero-order valence-corrected chi connectivity index (χ0v) is 9.32. The predicted octanol–water partition coefficient (Wildman–Crippen LogP) is -0.166. The van der Waals surface area contributed by atoms with E-state index in [0.717, 1.165) is 4.89 Å². The maximum absolute atomic E-state index is 11.0. The van der Waals surface area contributed by atoms with Gasteiger partial charge in [0, 0.05) is 24.8 Å². The van der Waals surface area contributed by atoms with Crippen molar-refractivity contribution in [3.05, 3.63) is 0 Å². The molecule has 0 heterocycles. The Morgan fingerprint density at radius 2 is 1.69 bits per heavy atom. The molecule has 0 aliphatic heterocycles. The summed E-state index contributed by atoms with van der Waals surface area (Å²) < 4.78 is 11.0. The molecule has 1 atom stereocenters. The number of halogens is 2. The Morgan fingerprint density at radius 3 is 1.92 bits per heavy atom. The number of alkyl halides is 2. The molecule has 0 saturated carbocycles. The molecule has 9 heteroatoms. The molecule has 0 aliphatic rings. The third-order valence-electron chi connectivity index (χ3n) is 0.999. The van der Waals surface area contributed by atoms with Crippen LogP contribution in [0.15, 0.2) is 0 Å². The van der Waals surface area contributed by atoms with Crippen molar-refractivity contribution in [2.24, 2.45) is 5.50 Å². The number of hydrazine groups is 2. The van der Waals surface area contributed by atoms with Gasteiger partial charge in [-0.3, -0.25) is 4.57 Å². The lowest BCUT2D eigenvalue weighted by atomic mass is 10.8. The van der Waals surface area contributed by atoms with Crippen LogP contribution in [0.5, 0.6) is 0 Å². The van der Waals surface area contributed by atoms with Gasteiger partial charge in [-0.05, 0) is 0 Å². The Bertz CT molecular complexity index is 170. The third kappa shape index (κ3) is 6.65. The van der Waals surface area contributed by atoms with Crippen molar-refractivity contribution in [1.29, 1.82) is 0 Å². The largest absolute Gasteiger partial charge is 0.365 e. The Labute approximate surface area is 86.9 Å². The quantitative estimate of drug-likeness (QED) is 0.285. The van der Waals surface area contributed by atoms with Gasteiger partial charge in [0.25, 0.3) is 0 Å². The number of hydrogen-bond donors (Lipinski definition) is 4. The fourth-order valence-electron chi connectivity index (χ4n) is 0.555. The molecule has 0 spiro atoms. The van der Waals surface area contributed by atoms with Crippen molar-refractivity contribution in [3.63, 3.8) is 0 Å². The maximum atomic E-state index is 11.0. The molecule has 6 nitrogen and oxygen atoms in total. The topological polar surface area (TPSA) is 90.6 Å². The first kappa shape index (κ1) is 13.6. The van der Waals surface area contributed by atoms with Gasteiger partial charge in [0.05, 0.1) is 0 Å². The summed E-state index contributed by atoms with van der Waals surface area (Å²) in [6.07, 6.45) is 0. The van der Waals surface area contributed by atoms with Crippen LogP contribution in [0.1, 0.15) is 0 Å². The minimum Gasteiger partial charge on any atom is -0.320 e. The monoisotopic (exact) mass is 250 g/mol. The third-order valence-corrected chi connectivity index (χ3v) is 2.23. The van der Waals surface area contributed by atoms with Crippen molar-refractivity contribution in [3.8, 4) is 0 Å². The lowest BCUT2D eigenvalue weighted by Gasteiger charge is -2.24. The van der Waals surface area contributed by atoms with E-state index in [1.54, 1.807) is 0 Å². The second kappa shape index (κ2) is 6.98. The van der Waals surface area contributed by atoms with Crippen LogP contribution in [-0.4, -0.2) is 34.6 Å². The Morgan fingerprint density at radius 1 is 1.31 bits per heavy atom. The normalized spacial score (nSPS) is 16.1. The highest BCUT2D eigenvalue weighted by Crippen LogP contribution is 2.31. The summed E-state index contributed by atoms with van der Waals surface area (Å²) in [5.41, 5.74) is 10.1. The minimum atomic E-state index is -3.84.